The van der Waals surface area contributed by atoms with Crippen LogP contribution in [0.4, 0.5) is 0 Å². The molecular weight excluding hydrogens is 252 g/mol. The van der Waals surface area contributed by atoms with Gasteiger partial charge in [-0.2, -0.15) is 0 Å². The highest BCUT2D eigenvalue weighted by Gasteiger charge is 2.41. The van der Waals surface area contributed by atoms with Crippen molar-refractivity contribution in [3.05, 3.63) is 29.3 Å². The third-order valence-corrected chi connectivity index (χ3v) is 4.88. The third kappa shape index (κ3) is 2.19. The average molecular weight is 274 g/mol. The van der Waals surface area contributed by atoms with Crippen molar-refractivity contribution in [3.63, 3.8) is 0 Å². The normalized spacial score (nSPS) is 24.6. The van der Waals surface area contributed by atoms with E-state index in [0.29, 0.717) is 0 Å². The van der Waals surface area contributed by atoms with E-state index in [2.05, 4.69) is 13.0 Å². The van der Waals surface area contributed by atoms with Crippen LogP contribution < -0.4 is 4.74 Å². The van der Waals surface area contributed by atoms with E-state index >= 15 is 0 Å². The van der Waals surface area contributed by atoms with Crippen LogP contribution in [0.5, 0.6) is 5.75 Å². The number of hydrogen-bond donors (Lipinski definition) is 1. The van der Waals surface area contributed by atoms with Crippen molar-refractivity contribution in [1.29, 1.82) is 0 Å². The van der Waals surface area contributed by atoms with Gasteiger partial charge in [0.15, 0.2) is 0 Å². The van der Waals surface area contributed by atoms with Gasteiger partial charge in [-0.1, -0.05) is 31.4 Å². The van der Waals surface area contributed by atoms with E-state index in [0.717, 1.165) is 56.3 Å². The summed E-state index contributed by atoms with van der Waals surface area (Å²) in [5.74, 6) is 0.216. The van der Waals surface area contributed by atoms with Gasteiger partial charge < -0.3 is 9.84 Å². The SMILES string of the molecule is CC1CCc2ccc(C3(C(=O)O)CCCCC3)cc2O1. The van der Waals surface area contributed by atoms with Gasteiger partial charge in [-0.15, -0.1) is 0 Å². The summed E-state index contributed by atoms with van der Waals surface area (Å²) in [5.41, 5.74) is 1.44. The number of benzene rings is 1. The Hall–Kier alpha value is -1.51. The summed E-state index contributed by atoms with van der Waals surface area (Å²) in [7, 11) is 0. The zero-order chi connectivity index (χ0) is 14.2. The summed E-state index contributed by atoms with van der Waals surface area (Å²) >= 11 is 0. The molecule has 1 aliphatic carbocycles. The number of carboxylic acids is 1. The highest BCUT2D eigenvalue weighted by molar-refractivity contribution is 5.81. The minimum atomic E-state index is -0.697. The predicted octanol–water partition coefficient (Wildman–Crippen LogP) is 3.69. The maximum absolute atomic E-state index is 11.9. The zero-order valence-electron chi connectivity index (χ0n) is 12.0. The Balaban J connectivity index is 2.00. The lowest BCUT2D eigenvalue weighted by Crippen LogP contribution is -2.38. The van der Waals surface area contributed by atoms with Crippen molar-refractivity contribution in [2.45, 2.75) is 63.4 Å². The standard InChI is InChI=1S/C17H22O3/c1-12-5-6-13-7-8-14(11-15(13)20-12)17(16(18)19)9-3-2-4-10-17/h7-8,11-12H,2-6,9-10H2,1H3,(H,18,19). The first-order valence-corrected chi connectivity index (χ1v) is 7.65. The number of hydrogen-bond acceptors (Lipinski definition) is 2. The fourth-order valence-corrected chi connectivity index (χ4v) is 3.58. The monoisotopic (exact) mass is 274 g/mol. The highest BCUT2D eigenvalue weighted by atomic mass is 16.5. The van der Waals surface area contributed by atoms with Crippen molar-refractivity contribution in [3.8, 4) is 5.75 Å². The number of aliphatic carboxylic acids is 1. The molecule has 1 saturated carbocycles. The van der Waals surface area contributed by atoms with E-state index in [1.54, 1.807) is 0 Å². The molecule has 1 aliphatic heterocycles. The Bertz CT molecular complexity index is 515. The molecule has 3 nitrogen and oxygen atoms in total. The number of rotatable bonds is 2. The van der Waals surface area contributed by atoms with E-state index in [1.807, 2.05) is 12.1 Å². The first kappa shape index (κ1) is 13.5. The van der Waals surface area contributed by atoms with Crippen LogP contribution in [0.2, 0.25) is 0 Å². The van der Waals surface area contributed by atoms with Gasteiger partial charge in [0.1, 0.15) is 5.75 Å². The molecule has 0 amide bonds. The van der Waals surface area contributed by atoms with Gasteiger partial charge in [0.25, 0.3) is 0 Å². The molecule has 1 fully saturated rings. The summed E-state index contributed by atoms with van der Waals surface area (Å²) in [6, 6.07) is 6.07. The molecule has 1 heterocycles. The number of fused-ring (bicyclic) bond motifs is 1. The molecule has 3 heteroatoms. The fraction of sp³-hybridized carbons (Fsp3) is 0.588. The average Bonchev–Trinajstić information content (AvgIpc) is 2.47. The maximum atomic E-state index is 11.9. The molecular formula is C17H22O3. The number of carboxylic acid groups (broad SMARTS) is 1. The number of ether oxygens (including phenoxy) is 1. The molecule has 108 valence electrons. The molecule has 0 bridgehead atoms. The summed E-state index contributed by atoms with van der Waals surface area (Å²) in [5, 5.41) is 9.76. The van der Waals surface area contributed by atoms with Crippen LogP contribution in [-0.4, -0.2) is 17.2 Å². The minimum Gasteiger partial charge on any atom is -0.490 e. The highest BCUT2D eigenvalue weighted by Crippen LogP contribution is 2.42. The largest absolute Gasteiger partial charge is 0.490 e. The van der Waals surface area contributed by atoms with E-state index in [9.17, 15) is 9.90 Å². The van der Waals surface area contributed by atoms with Crippen molar-refractivity contribution < 1.29 is 14.6 Å². The number of aryl methyl sites for hydroxylation is 1. The van der Waals surface area contributed by atoms with Crippen LogP contribution in [-0.2, 0) is 16.6 Å². The summed E-state index contributed by atoms with van der Waals surface area (Å²) in [6.45, 7) is 2.07. The molecule has 3 rings (SSSR count). The van der Waals surface area contributed by atoms with Crippen molar-refractivity contribution >= 4 is 5.97 Å². The molecule has 0 spiro atoms. The Morgan fingerprint density at radius 1 is 1.30 bits per heavy atom. The van der Waals surface area contributed by atoms with Crippen LogP contribution in [0.25, 0.3) is 0 Å². The molecule has 0 aromatic heterocycles. The molecule has 1 unspecified atom stereocenters. The first-order chi connectivity index (χ1) is 9.62. The van der Waals surface area contributed by atoms with E-state index < -0.39 is 11.4 Å². The molecule has 0 radical (unpaired) electrons. The Labute approximate surface area is 120 Å². The molecule has 2 aliphatic rings. The lowest BCUT2D eigenvalue weighted by molar-refractivity contribution is -0.145. The lowest BCUT2D eigenvalue weighted by atomic mass is 9.69. The summed E-state index contributed by atoms with van der Waals surface area (Å²) in [4.78, 5) is 11.9. The molecule has 0 saturated heterocycles. The zero-order valence-corrected chi connectivity index (χ0v) is 12.0. The first-order valence-electron chi connectivity index (χ1n) is 7.65. The molecule has 1 aromatic carbocycles. The second-order valence-electron chi connectivity index (χ2n) is 6.24. The van der Waals surface area contributed by atoms with Crippen molar-refractivity contribution in [2.24, 2.45) is 0 Å². The van der Waals surface area contributed by atoms with Gasteiger partial charge in [0, 0.05) is 0 Å². The van der Waals surface area contributed by atoms with Gasteiger partial charge in [-0.25, -0.2) is 0 Å². The maximum Gasteiger partial charge on any atom is 0.314 e. The van der Waals surface area contributed by atoms with Gasteiger partial charge in [0.05, 0.1) is 11.5 Å². The smallest absolute Gasteiger partial charge is 0.314 e. The Kier molecular flexibility index (Phi) is 3.45. The molecule has 20 heavy (non-hydrogen) atoms. The van der Waals surface area contributed by atoms with Crippen LogP contribution >= 0.6 is 0 Å². The number of carbonyl (C=O) groups is 1. The molecule has 1 atom stereocenters. The summed E-state index contributed by atoms with van der Waals surface area (Å²) in [6.07, 6.45) is 6.93. The minimum absolute atomic E-state index is 0.227. The lowest BCUT2D eigenvalue weighted by Gasteiger charge is -2.34. The third-order valence-electron chi connectivity index (χ3n) is 4.88. The van der Waals surface area contributed by atoms with Crippen molar-refractivity contribution in [1.82, 2.24) is 0 Å². The van der Waals surface area contributed by atoms with Gasteiger partial charge >= 0.3 is 5.97 Å². The quantitative estimate of drug-likeness (QED) is 0.894. The second-order valence-corrected chi connectivity index (χ2v) is 6.24. The van der Waals surface area contributed by atoms with Crippen LogP contribution in [0, 0.1) is 0 Å². The van der Waals surface area contributed by atoms with E-state index in [4.69, 9.17) is 4.74 Å². The van der Waals surface area contributed by atoms with Crippen LogP contribution in [0.1, 0.15) is 56.6 Å². The van der Waals surface area contributed by atoms with E-state index in [-0.39, 0.29) is 6.10 Å². The van der Waals surface area contributed by atoms with Gasteiger partial charge in [-0.3, -0.25) is 4.79 Å². The Morgan fingerprint density at radius 3 is 2.75 bits per heavy atom. The molecule has 1 aromatic rings. The topological polar surface area (TPSA) is 46.5 Å². The fourth-order valence-electron chi connectivity index (χ4n) is 3.58. The van der Waals surface area contributed by atoms with Gasteiger partial charge in [0.2, 0.25) is 0 Å². The predicted molar refractivity (Wildman–Crippen MR) is 77.3 cm³/mol. The van der Waals surface area contributed by atoms with Crippen LogP contribution in [0.3, 0.4) is 0 Å². The summed E-state index contributed by atoms with van der Waals surface area (Å²) < 4.78 is 5.90. The molecule has 1 N–H and O–H groups in total. The van der Waals surface area contributed by atoms with Gasteiger partial charge in [-0.05, 0) is 49.8 Å². The second kappa shape index (κ2) is 5.12. The van der Waals surface area contributed by atoms with Crippen LogP contribution in [0.15, 0.2) is 18.2 Å². The van der Waals surface area contributed by atoms with E-state index in [1.165, 1.54) is 5.56 Å². The van der Waals surface area contributed by atoms with Crippen molar-refractivity contribution in [2.75, 3.05) is 0 Å². The Morgan fingerprint density at radius 2 is 2.05 bits per heavy atom.